The third-order valence-corrected chi connectivity index (χ3v) is 4.34. The summed E-state index contributed by atoms with van der Waals surface area (Å²) in [6.07, 6.45) is 0.862. The van der Waals surface area contributed by atoms with Gasteiger partial charge >= 0.3 is 0 Å². The maximum atomic E-state index is 5.72. The number of hydrogen-bond acceptors (Lipinski definition) is 4. The average molecular weight is 276 g/mol. The maximum absolute atomic E-state index is 5.72. The van der Waals surface area contributed by atoms with E-state index in [2.05, 4.69) is 37.5 Å². The first-order valence-electron chi connectivity index (χ1n) is 6.29. The Kier molecular flexibility index (Phi) is 4.58. The van der Waals surface area contributed by atoms with Crippen LogP contribution in [0.1, 0.15) is 27.6 Å². The normalized spacial score (nSPS) is 12.4. The highest BCUT2D eigenvalue weighted by Crippen LogP contribution is 2.32. The molecule has 0 radical (unpaired) electrons. The van der Waals surface area contributed by atoms with E-state index >= 15 is 0 Å². The summed E-state index contributed by atoms with van der Waals surface area (Å²) in [5.41, 5.74) is 6.79. The molecule has 1 heterocycles. The largest absolute Gasteiger partial charge is 0.496 e. The van der Waals surface area contributed by atoms with Gasteiger partial charge < -0.3 is 4.74 Å². The van der Waals surface area contributed by atoms with Crippen molar-refractivity contribution in [2.45, 2.75) is 26.3 Å². The van der Waals surface area contributed by atoms with E-state index in [1.54, 1.807) is 18.4 Å². The number of hydrogen-bond donors (Lipinski definition) is 2. The number of nitrogens with two attached hydrogens (primary N) is 1. The van der Waals surface area contributed by atoms with Gasteiger partial charge in [-0.05, 0) is 42.8 Å². The smallest absolute Gasteiger partial charge is 0.134 e. The number of rotatable bonds is 5. The molecule has 0 aliphatic heterocycles. The lowest BCUT2D eigenvalue weighted by Crippen LogP contribution is -2.29. The molecule has 102 valence electrons. The van der Waals surface area contributed by atoms with Crippen molar-refractivity contribution in [3.63, 3.8) is 0 Å². The average Bonchev–Trinajstić information content (AvgIpc) is 2.88. The minimum atomic E-state index is 0.0791. The molecule has 0 saturated carbocycles. The zero-order valence-electron chi connectivity index (χ0n) is 11.6. The van der Waals surface area contributed by atoms with Gasteiger partial charge in [-0.1, -0.05) is 23.8 Å². The minimum Gasteiger partial charge on any atom is -0.496 e. The number of benzene rings is 1. The van der Waals surface area contributed by atoms with Crippen LogP contribution in [0.3, 0.4) is 0 Å². The van der Waals surface area contributed by atoms with Gasteiger partial charge in [0, 0.05) is 0 Å². The van der Waals surface area contributed by atoms with Crippen LogP contribution >= 0.6 is 11.3 Å². The van der Waals surface area contributed by atoms with Crippen molar-refractivity contribution in [2.24, 2.45) is 5.84 Å². The summed E-state index contributed by atoms with van der Waals surface area (Å²) in [6, 6.07) is 8.57. The molecule has 2 aromatic rings. The van der Waals surface area contributed by atoms with E-state index in [-0.39, 0.29) is 6.04 Å². The zero-order chi connectivity index (χ0) is 13.8. The topological polar surface area (TPSA) is 47.3 Å². The maximum Gasteiger partial charge on any atom is 0.134 e. The second kappa shape index (κ2) is 6.19. The van der Waals surface area contributed by atoms with Crippen LogP contribution in [0.4, 0.5) is 0 Å². The van der Waals surface area contributed by atoms with E-state index in [4.69, 9.17) is 10.6 Å². The summed E-state index contributed by atoms with van der Waals surface area (Å²) in [7, 11) is 1.69. The predicted octanol–water partition coefficient (Wildman–Crippen LogP) is 3.12. The van der Waals surface area contributed by atoms with Crippen molar-refractivity contribution < 1.29 is 4.74 Å². The Bertz CT molecular complexity index is 551. The summed E-state index contributed by atoms with van der Waals surface area (Å²) in [6.45, 7) is 4.24. The van der Waals surface area contributed by atoms with Crippen LogP contribution in [0.2, 0.25) is 0 Å². The van der Waals surface area contributed by atoms with Crippen LogP contribution < -0.4 is 16.0 Å². The van der Waals surface area contributed by atoms with E-state index < -0.39 is 0 Å². The third kappa shape index (κ3) is 3.15. The summed E-state index contributed by atoms with van der Waals surface area (Å²) in [5.74, 6) is 6.63. The van der Waals surface area contributed by atoms with E-state index in [0.29, 0.717) is 0 Å². The first kappa shape index (κ1) is 14.1. The molecule has 3 nitrogen and oxygen atoms in total. The summed E-state index contributed by atoms with van der Waals surface area (Å²) in [4.78, 5) is 1.14. The minimum absolute atomic E-state index is 0.0791. The molecule has 1 atom stereocenters. The summed E-state index contributed by atoms with van der Waals surface area (Å²) in [5, 5.41) is 2.03. The van der Waals surface area contributed by atoms with Crippen molar-refractivity contribution in [3.8, 4) is 5.75 Å². The van der Waals surface area contributed by atoms with Crippen LogP contribution in [0, 0.1) is 13.8 Å². The molecule has 3 N–H and O–H groups in total. The van der Waals surface area contributed by atoms with E-state index in [0.717, 1.165) is 17.0 Å². The summed E-state index contributed by atoms with van der Waals surface area (Å²) < 4.78 is 5.37. The number of aryl methyl sites for hydroxylation is 2. The molecule has 0 spiro atoms. The number of nitrogens with one attached hydrogen (secondary N) is 1. The molecular weight excluding hydrogens is 256 g/mol. The lowest BCUT2D eigenvalue weighted by atomic mass is 9.98. The Labute approximate surface area is 118 Å². The Morgan fingerprint density at radius 3 is 2.79 bits per heavy atom. The van der Waals surface area contributed by atoms with Gasteiger partial charge in [-0.15, -0.1) is 11.3 Å². The Morgan fingerprint density at radius 1 is 1.32 bits per heavy atom. The number of ether oxygens (including phenoxy) is 1. The van der Waals surface area contributed by atoms with Gasteiger partial charge in [-0.25, -0.2) is 0 Å². The lowest BCUT2D eigenvalue weighted by Gasteiger charge is -2.17. The fraction of sp³-hybridized carbons (Fsp3) is 0.333. The van der Waals surface area contributed by atoms with Gasteiger partial charge in [0.15, 0.2) is 0 Å². The number of hydrazine groups is 1. The van der Waals surface area contributed by atoms with Crippen LogP contribution in [0.25, 0.3) is 0 Å². The molecule has 0 saturated heterocycles. The zero-order valence-corrected chi connectivity index (χ0v) is 12.4. The SMILES string of the molecule is COc1ccsc1C(Cc1cc(C)ccc1C)NN. The van der Waals surface area contributed by atoms with E-state index in [1.165, 1.54) is 16.7 Å². The molecule has 4 heteroatoms. The van der Waals surface area contributed by atoms with Crippen molar-refractivity contribution in [3.05, 3.63) is 51.2 Å². The van der Waals surface area contributed by atoms with Crippen LogP contribution in [0.15, 0.2) is 29.6 Å². The number of thiophene rings is 1. The monoisotopic (exact) mass is 276 g/mol. The van der Waals surface area contributed by atoms with Gasteiger partial charge in [0.05, 0.1) is 18.0 Å². The molecule has 1 unspecified atom stereocenters. The highest BCUT2D eigenvalue weighted by molar-refractivity contribution is 7.10. The quantitative estimate of drug-likeness (QED) is 0.651. The molecule has 0 amide bonds. The van der Waals surface area contributed by atoms with Crippen molar-refractivity contribution >= 4 is 11.3 Å². The van der Waals surface area contributed by atoms with Crippen LogP contribution in [-0.2, 0) is 6.42 Å². The lowest BCUT2D eigenvalue weighted by molar-refractivity contribution is 0.403. The number of methoxy groups -OCH3 is 1. The highest BCUT2D eigenvalue weighted by Gasteiger charge is 2.17. The molecule has 1 aromatic carbocycles. The van der Waals surface area contributed by atoms with Crippen molar-refractivity contribution in [1.82, 2.24) is 5.43 Å². The van der Waals surface area contributed by atoms with E-state index in [1.807, 2.05) is 11.4 Å². The van der Waals surface area contributed by atoms with Gasteiger partial charge in [-0.3, -0.25) is 11.3 Å². The third-order valence-electron chi connectivity index (χ3n) is 3.32. The molecule has 0 fully saturated rings. The molecule has 0 bridgehead atoms. The fourth-order valence-corrected chi connectivity index (χ4v) is 3.12. The molecule has 0 aliphatic carbocycles. The first-order valence-corrected chi connectivity index (χ1v) is 7.17. The molecule has 1 aromatic heterocycles. The van der Waals surface area contributed by atoms with Crippen molar-refractivity contribution in [1.29, 1.82) is 0 Å². The molecular formula is C15H20N2OS. The predicted molar refractivity (Wildman–Crippen MR) is 80.6 cm³/mol. The van der Waals surface area contributed by atoms with E-state index in [9.17, 15) is 0 Å². The van der Waals surface area contributed by atoms with Gasteiger partial charge in [0.1, 0.15) is 5.75 Å². The second-order valence-corrected chi connectivity index (χ2v) is 5.65. The molecule has 19 heavy (non-hydrogen) atoms. The van der Waals surface area contributed by atoms with Crippen molar-refractivity contribution in [2.75, 3.05) is 7.11 Å². The highest BCUT2D eigenvalue weighted by atomic mass is 32.1. The van der Waals surface area contributed by atoms with Gasteiger partial charge in [-0.2, -0.15) is 0 Å². The second-order valence-electron chi connectivity index (χ2n) is 4.71. The summed E-state index contributed by atoms with van der Waals surface area (Å²) >= 11 is 1.67. The van der Waals surface area contributed by atoms with Crippen LogP contribution in [-0.4, -0.2) is 7.11 Å². The fourth-order valence-electron chi connectivity index (χ4n) is 2.20. The first-order chi connectivity index (χ1) is 9.15. The Balaban J connectivity index is 2.26. The molecule has 2 rings (SSSR count). The Morgan fingerprint density at radius 2 is 2.11 bits per heavy atom. The molecule has 0 aliphatic rings. The van der Waals surface area contributed by atoms with Gasteiger partial charge in [0.25, 0.3) is 0 Å². The Hall–Kier alpha value is -1.36. The van der Waals surface area contributed by atoms with Crippen LogP contribution in [0.5, 0.6) is 5.75 Å². The van der Waals surface area contributed by atoms with Gasteiger partial charge in [0.2, 0.25) is 0 Å². The standard InChI is InChI=1S/C15H20N2OS/c1-10-4-5-11(2)12(8-10)9-13(17-16)15-14(18-3)6-7-19-15/h4-8,13,17H,9,16H2,1-3H3.